The molecule has 0 saturated carbocycles. The Hall–Kier alpha value is -1.30. The highest BCUT2D eigenvalue weighted by molar-refractivity contribution is 6.32. The van der Waals surface area contributed by atoms with Gasteiger partial charge in [0, 0.05) is 18.8 Å². The molecule has 1 heterocycles. The number of likely N-dealkylation sites (N-methyl/N-ethyl adjacent to an activating group) is 1. The average Bonchev–Trinajstić information content (AvgIpc) is 2.48. The van der Waals surface area contributed by atoms with Crippen LogP contribution in [0, 0.1) is 0 Å². The minimum Gasteiger partial charge on any atom is -0.495 e. The third kappa shape index (κ3) is 5.16. The van der Waals surface area contributed by atoms with Crippen molar-refractivity contribution >= 4 is 23.2 Å². The first kappa shape index (κ1) is 17.1. The largest absolute Gasteiger partial charge is 0.495 e. The van der Waals surface area contributed by atoms with Crippen LogP contribution in [0.1, 0.15) is 19.3 Å². The Morgan fingerprint density at radius 3 is 2.95 bits per heavy atom. The predicted octanol–water partition coefficient (Wildman–Crippen LogP) is 2.79. The fraction of sp³-hybridized carbons (Fsp3) is 0.562. The van der Waals surface area contributed by atoms with Crippen molar-refractivity contribution in [1.82, 2.24) is 4.90 Å². The lowest BCUT2D eigenvalue weighted by Gasteiger charge is -2.27. The first-order valence-corrected chi connectivity index (χ1v) is 7.90. The molecule has 22 heavy (non-hydrogen) atoms. The van der Waals surface area contributed by atoms with Crippen molar-refractivity contribution in [2.75, 3.05) is 39.2 Å². The molecule has 1 aromatic carbocycles. The SMILES string of the molecule is COc1ccc(NC(=O)CN(C)CC2CCCCO2)cc1Cl. The van der Waals surface area contributed by atoms with Crippen LogP contribution in [0.3, 0.4) is 0 Å². The summed E-state index contributed by atoms with van der Waals surface area (Å²) in [6.07, 6.45) is 3.65. The molecule has 1 unspecified atom stereocenters. The quantitative estimate of drug-likeness (QED) is 0.873. The Bertz CT molecular complexity index is 504. The zero-order valence-corrected chi connectivity index (χ0v) is 13.9. The van der Waals surface area contributed by atoms with Crippen molar-refractivity contribution in [2.45, 2.75) is 25.4 Å². The van der Waals surface area contributed by atoms with Crippen LogP contribution in [0.4, 0.5) is 5.69 Å². The molecule has 0 aromatic heterocycles. The minimum atomic E-state index is -0.0699. The van der Waals surface area contributed by atoms with Gasteiger partial charge in [-0.2, -0.15) is 0 Å². The normalized spacial score (nSPS) is 18.3. The van der Waals surface area contributed by atoms with Gasteiger partial charge >= 0.3 is 0 Å². The Morgan fingerprint density at radius 2 is 2.32 bits per heavy atom. The summed E-state index contributed by atoms with van der Waals surface area (Å²) in [6.45, 7) is 1.93. The monoisotopic (exact) mass is 326 g/mol. The summed E-state index contributed by atoms with van der Waals surface area (Å²) in [7, 11) is 3.49. The van der Waals surface area contributed by atoms with Crippen molar-refractivity contribution in [1.29, 1.82) is 0 Å². The number of nitrogens with zero attached hydrogens (tertiary/aromatic N) is 1. The maximum absolute atomic E-state index is 12.1. The van der Waals surface area contributed by atoms with E-state index in [-0.39, 0.29) is 12.0 Å². The average molecular weight is 327 g/mol. The molecule has 1 fully saturated rings. The maximum Gasteiger partial charge on any atom is 0.238 e. The molecule has 0 aliphatic carbocycles. The van der Waals surface area contributed by atoms with E-state index >= 15 is 0 Å². The van der Waals surface area contributed by atoms with Crippen LogP contribution >= 0.6 is 11.6 Å². The van der Waals surface area contributed by atoms with E-state index in [2.05, 4.69) is 5.32 Å². The number of amides is 1. The van der Waals surface area contributed by atoms with Gasteiger partial charge < -0.3 is 14.8 Å². The van der Waals surface area contributed by atoms with Gasteiger partial charge in [0.2, 0.25) is 5.91 Å². The summed E-state index contributed by atoms with van der Waals surface area (Å²) in [5, 5.41) is 3.32. The lowest BCUT2D eigenvalue weighted by atomic mass is 10.1. The van der Waals surface area contributed by atoms with E-state index in [0.717, 1.165) is 26.0 Å². The highest BCUT2D eigenvalue weighted by atomic mass is 35.5. The second-order valence-electron chi connectivity index (χ2n) is 5.58. The summed E-state index contributed by atoms with van der Waals surface area (Å²) < 4.78 is 10.8. The number of nitrogens with one attached hydrogen (secondary N) is 1. The van der Waals surface area contributed by atoms with Crippen molar-refractivity contribution in [3.8, 4) is 5.75 Å². The Kier molecular flexibility index (Phi) is 6.49. The van der Waals surface area contributed by atoms with Gasteiger partial charge in [-0.25, -0.2) is 0 Å². The minimum absolute atomic E-state index is 0.0699. The molecule has 2 rings (SSSR count). The molecular weight excluding hydrogens is 304 g/mol. The second kappa shape index (κ2) is 8.36. The zero-order chi connectivity index (χ0) is 15.9. The molecule has 0 radical (unpaired) electrons. The molecule has 6 heteroatoms. The van der Waals surface area contributed by atoms with E-state index in [1.165, 1.54) is 6.42 Å². The molecule has 0 bridgehead atoms. The molecule has 0 spiro atoms. The molecule has 1 aliphatic rings. The van der Waals surface area contributed by atoms with Crippen LogP contribution in [-0.4, -0.2) is 50.8 Å². The maximum atomic E-state index is 12.1. The molecule has 122 valence electrons. The molecule has 1 atom stereocenters. The first-order chi connectivity index (χ1) is 10.6. The van der Waals surface area contributed by atoms with Crippen molar-refractivity contribution < 1.29 is 14.3 Å². The third-order valence-electron chi connectivity index (χ3n) is 3.64. The number of ether oxygens (including phenoxy) is 2. The standard InChI is InChI=1S/C16H23ClN2O3/c1-19(10-13-5-3-4-8-22-13)11-16(20)18-12-6-7-15(21-2)14(17)9-12/h6-7,9,13H,3-5,8,10-11H2,1-2H3,(H,18,20). The van der Waals surface area contributed by atoms with Gasteiger partial charge in [0.25, 0.3) is 0 Å². The Balaban J connectivity index is 1.80. The highest BCUT2D eigenvalue weighted by Crippen LogP contribution is 2.27. The lowest BCUT2D eigenvalue weighted by Crippen LogP contribution is -2.37. The van der Waals surface area contributed by atoms with Crippen LogP contribution in [0.15, 0.2) is 18.2 Å². The molecule has 1 aromatic rings. The summed E-state index contributed by atoms with van der Waals surface area (Å²) in [6, 6.07) is 5.19. The van der Waals surface area contributed by atoms with Crippen LogP contribution < -0.4 is 10.1 Å². The van der Waals surface area contributed by atoms with E-state index < -0.39 is 0 Å². The van der Waals surface area contributed by atoms with Crippen LogP contribution in [-0.2, 0) is 9.53 Å². The lowest BCUT2D eigenvalue weighted by molar-refractivity contribution is -0.117. The second-order valence-corrected chi connectivity index (χ2v) is 5.99. The Morgan fingerprint density at radius 1 is 1.50 bits per heavy atom. The number of rotatable bonds is 6. The summed E-state index contributed by atoms with van der Waals surface area (Å²) >= 11 is 6.04. The number of hydrogen-bond donors (Lipinski definition) is 1. The molecule has 1 aliphatic heterocycles. The van der Waals surface area contributed by atoms with Gasteiger partial charge in [-0.1, -0.05) is 11.6 Å². The van der Waals surface area contributed by atoms with E-state index in [1.807, 2.05) is 11.9 Å². The number of hydrogen-bond acceptors (Lipinski definition) is 4. The van der Waals surface area contributed by atoms with E-state index in [4.69, 9.17) is 21.1 Å². The molecule has 1 saturated heterocycles. The van der Waals surface area contributed by atoms with Gasteiger partial charge in [-0.3, -0.25) is 9.69 Å². The molecule has 1 N–H and O–H groups in total. The van der Waals surface area contributed by atoms with E-state index in [0.29, 0.717) is 23.0 Å². The van der Waals surface area contributed by atoms with Gasteiger partial charge in [-0.15, -0.1) is 0 Å². The van der Waals surface area contributed by atoms with E-state index in [9.17, 15) is 4.79 Å². The number of halogens is 1. The first-order valence-electron chi connectivity index (χ1n) is 7.52. The number of carbonyl (C=O) groups excluding carboxylic acids is 1. The molecule has 1 amide bonds. The number of anilines is 1. The summed E-state index contributed by atoms with van der Waals surface area (Å²) in [5.74, 6) is 0.519. The zero-order valence-electron chi connectivity index (χ0n) is 13.1. The van der Waals surface area contributed by atoms with Crippen LogP contribution in [0.5, 0.6) is 5.75 Å². The number of benzene rings is 1. The van der Waals surface area contributed by atoms with Crippen molar-refractivity contribution in [3.05, 3.63) is 23.2 Å². The summed E-state index contributed by atoms with van der Waals surface area (Å²) in [5.41, 5.74) is 0.665. The molecule has 5 nitrogen and oxygen atoms in total. The van der Waals surface area contributed by atoms with Gasteiger partial charge in [0.15, 0.2) is 0 Å². The molecular formula is C16H23ClN2O3. The topological polar surface area (TPSA) is 50.8 Å². The third-order valence-corrected chi connectivity index (χ3v) is 3.93. The summed E-state index contributed by atoms with van der Waals surface area (Å²) in [4.78, 5) is 14.0. The number of carbonyl (C=O) groups is 1. The number of methoxy groups -OCH3 is 1. The van der Waals surface area contributed by atoms with Gasteiger partial charge in [0.1, 0.15) is 5.75 Å². The van der Waals surface area contributed by atoms with Crippen molar-refractivity contribution in [3.63, 3.8) is 0 Å². The van der Waals surface area contributed by atoms with Gasteiger partial charge in [0.05, 0.1) is 24.8 Å². The van der Waals surface area contributed by atoms with Crippen LogP contribution in [0.2, 0.25) is 5.02 Å². The van der Waals surface area contributed by atoms with Crippen molar-refractivity contribution in [2.24, 2.45) is 0 Å². The van der Waals surface area contributed by atoms with Crippen LogP contribution in [0.25, 0.3) is 0 Å². The smallest absolute Gasteiger partial charge is 0.238 e. The Labute approximate surface area is 136 Å². The predicted molar refractivity (Wildman–Crippen MR) is 87.7 cm³/mol. The van der Waals surface area contributed by atoms with E-state index in [1.54, 1.807) is 25.3 Å². The van der Waals surface area contributed by atoms with Gasteiger partial charge in [-0.05, 0) is 44.5 Å². The highest BCUT2D eigenvalue weighted by Gasteiger charge is 2.17. The fourth-order valence-corrected chi connectivity index (χ4v) is 2.81. The fourth-order valence-electron chi connectivity index (χ4n) is 2.55.